The normalized spacial score (nSPS) is 24.4. The molecule has 0 spiro atoms. The number of carbonyl (C=O) groups excluding carboxylic acids is 2. The van der Waals surface area contributed by atoms with Crippen LogP contribution in [0, 0.1) is 5.41 Å². The first-order valence-corrected chi connectivity index (χ1v) is 4.29. The molecule has 1 unspecified atom stereocenters. The summed E-state index contributed by atoms with van der Waals surface area (Å²) in [5.41, 5.74) is 1.90. The molecule has 1 rings (SSSR count). The van der Waals surface area contributed by atoms with Gasteiger partial charge in [-0.2, -0.15) is 0 Å². The van der Waals surface area contributed by atoms with Crippen LogP contribution in [0.2, 0.25) is 0 Å². The van der Waals surface area contributed by atoms with Crippen molar-refractivity contribution >= 4 is 11.8 Å². The molecule has 0 radical (unpaired) electrons. The molecule has 5 nitrogen and oxygen atoms in total. The molecule has 13 heavy (non-hydrogen) atoms. The number of hydrogen-bond acceptors (Lipinski definition) is 3. The fraction of sp³-hybridized carbons (Fsp3) is 0.750. The summed E-state index contributed by atoms with van der Waals surface area (Å²) in [6, 6.07) is 0.0947. The van der Waals surface area contributed by atoms with Crippen LogP contribution in [0.15, 0.2) is 0 Å². The first kappa shape index (κ1) is 9.98. The van der Waals surface area contributed by atoms with E-state index >= 15 is 0 Å². The van der Waals surface area contributed by atoms with Crippen molar-refractivity contribution in [2.24, 2.45) is 11.3 Å². The van der Waals surface area contributed by atoms with Crippen molar-refractivity contribution in [2.75, 3.05) is 0 Å². The largest absolute Gasteiger partial charge is 0.345 e. The number of amides is 2. The van der Waals surface area contributed by atoms with Crippen molar-refractivity contribution in [3.63, 3.8) is 0 Å². The summed E-state index contributed by atoms with van der Waals surface area (Å²) >= 11 is 0. The molecule has 2 amide bonds. The Morgan fingerprint density at radius 1 is 1.38 bits per heavy atom. The van der Waals surface area contributed by atoms with Crippen LogP contribution in [0.5, 0.6) is 0 Å². The predicted octanol–water partition coefficient (Wildman–Crippen LogP) is -0.719. The van der Waals surface area contributed by atoms with Crippen LogP contribution in [-0.2, 0) is 9.59 Å². The molecule has 1 atom stereocenters. The smallest absolute Gasteiger partial charge is 0.323 e. The highest BCUT2D eigenvalue weighted by molar-refractivity contribution is 6.35. The Morgan fingerprint density at radius 2 is 2.00 bits per heavy atom. The lowest BCUT2D eigenvalue weighted by Crippen LogP contribution is -2.55. The minimum atomic E-state index is -0.789. The maximum Gasteiger partial charge on any atom is 0.323 e. The molecule has 0 bridgehead atoms. The maximum atomic E-state index is 11.1. The summed E-state index contributed by atoms with van der Waals surface area (Å²) in [6.07, 6.45) is 2.00. The van der Waals surface area contributed by atoms with Gasteiger partial charge in [0.1, 0.15) is 0 Å². The number of hydrazine groups is 1. The van der Waals surface area contributed by atoms with E-state index in [1.54, 1.807) is 5.43 Å². The number of rotatable bonds is 1. The Labute approximate surface area is 77.0 Å². The lowest BCUT2D eigenvalue weighted by Gasteiger charge is -2.44. The SMILES string of the molecule is CC1(C)CCC1NC(=O)C(=O)NN. The van der Waals surface area contributed by atoms with Gasteiger partial charge in [-0.25, -0.2) is 5.84 Å². The Kier molecular flexibility index (Phi) is 2.56. The monoisotopic (exact) mass is 185 g/mol. The third-order valence-corrected chi connectivity index (χ3v) is 2.66. The van der Waals surface area contributed by atoms with Gasteiger partial charge in [0, 0.05) is 6.04 Å². The molecule has 5 heteroatoms. The van der Waals surface area contributed by atoms with Gasteiger partial charge in [-0.15, -0.1) is 0 Å². The van der Waals surface area contributed by atoms with Crippen LogP contribution in [0.4, 0.5) is 0 Å². The van der Waals surface area contributed by atoms with E-state index in [4.69, 9.17) is 5.84 Å². The predicted molar refractivity (Wildman–Crippen MR) is 47.3 cm³/mol. The number of hydrogen-bond donors (Lipinski definition) is 3. The fourth-order valence-electron chi connectivity index (χ4n) is 1.42. The summed E-state index contributed by atoms with van der Waals surface area (Å²) in [7, 11) is 0. The van der Waals surface area contributed by atoms with Crippen LogP contribution >= 0.6 is 0 Å². The third kappa shape index (κ3) is 1.98. The van der Waals surface area contributed by atoms with Gasteiger partial charge in [0.2, 0.25) is 0 Å². The number of nitrogens with one attached hydrogen (secondary N) is 2. The van der Waals surface area contributed by atoms with E-state index in [2.05, 4.69) is 19.2 Å². The van der Waals surface area contributed by atoms with Crippen LogP contribution in [0.3, 0.4) is 0 Å². The molecule has 0 aromatic heterocycles. The van der Waals surface area contributed by atoms with E-state index in [0.29, 0.717) is 0 Å². The van der Waals surface area contributed by atoms with Gasteiger partial charge in [-0.05, 0) is 18.3 Å². The average molecular weight is 185 g/mol. The Balaban J connectivity index is 2.42. The topological polar surface area (TPSA) is 84.2 Å². The molecule has 0 aromatic rings. The number of nitrogens with two attached hydrogens (primary N) is 1. The van der Waals surface area contributed by atoms with E-state index in [1.807, 2.05) is 0 Å². The van der Waals surface area contributed by atoms with Gasteiger partial charge in [-0.1, -0.05) is 13.8 Å². The van der Waals surface area contributed by atoms with E-state index in [1.165, 1.54) is 0 Å². The third-order valence-electron chi connectivity index (χ3n) is 2.66. The molecule has 1 aliphatic carbocycles. The highest BCUT2D eigenvalue weighted by Gasteiger charge is 2.39. The lowest BCUT2D eigenvalue weighted by atomic mass is 9.67. The van der Waals surface area contributed by atoms with Crippen molar-refractivity contribution in [1.29, 1.82) is 0 Å². The van der Waals surface area contributed by atoms with Gasteiger partial charge in [0.25, 0.3) is 0 Å². The quantitative estimate of drug-likeness (QED) is 0.218. The van der Waals surface area contributed by atoms with Crippen LogP contribution < -0.4 is 16.6 Å². The summed E-state index contributed by atoms with van der Waals surface area (Å²) in [4.78, 5) is 21.8. The summed E-state index contributed by atoms with van der Waals surface area (Å²) in [5.74, 6) is 3.37. The Morgan fingerprint density at radius 3 is 2.31 bits per heavy atom. The first-order chi connectivity index (χ1) is 5.97. The molecule has 1 saturated carbocycles. The van der Waals surface area contributed by atoms with Gasteiger partial charge in [0.15, 0.2) is 0 Å². The van der Waals surface area contributed by atoms with Crippen molar-refractivity contribution in [1.82, 2.24) is 10.7 Å². The zero-order valence-corrected chi connectivity index (χ0v) is 7.89. The standard InChI is InChI=1S/C8H15N3O2/c1-8(2)4-3-5(8)10-6(12)7(13)11-9/h5H,3-4,9H2,1-2H3,(H,10,12)(H,11,13). The van der Waals surface area contributed by atoms with Crippen LogP contribution in [-0.4, -0.2) is 17.9 Å². The van der Waals surface area contributed by atoms with Crippen molar-refractivity contribution in [3.05, 3.63) is 0 Å². The summed E-state index contributed by atoms with van der Waals surface area (Å²) < 4.78 is 0. The Hall–Kier alpha value is -1.10. The summed E-state index contributed by atoms with van der Waals surface area (Å²) in [5, 5.41) is 2.63. The molecular weight excluding hydrogens is 170 g/mol. The van der Waals surface area contributed by atoms with Gasteiger partial charge < -0.3 is 5.32 Å². The van der Waals surface area contributed by atoms with E-state index in [-0.39, 0.29) is 11.5 Å². The molecule has 74 valence electrons. The highest BCUT2D eigenvalue weighted by Crippen LogP contribution is 2.39. The molecule has 0 aromatic carbocycles. The zero-order chi connectivity index (χ0) is 10.1. The Bertz CT molecular complexity index is 238. The molecule has 1 fully saturated rings. The van der Waals surface area contributed by atoms with Crippen LogP contribution in [0.25, 0.3) is 0 Å². The average Bonchev–Trinajstić information content (AvgIpc) is 2.10. The zero-order valence-electron chi connectivity index (χ0n) is 7.89. The number of carbonyl (C=O) groups is 2. The van der Waals surface area contributed by atoms with E-state index in [9.17, 15) is 9.59 Å². The van der Waals surface area contributed by atoms with Gasteiger partial charge in [0.05, 0.1) is 0 Å². The minimum Gasteiger partial charge on any atom is -0.345 e. The molecule has 4 N–H and O–H groups in total. The second-order valence-corrected chi connectivity index (χ2v) is 4.03. The maximum absolute atomic E-state index is 11.1. The molecule has 0 aliphatic heterocycles. The van der Waals surface area contributed by atoms with E-state index in [0.717, 1.165) is 12.8 Å². The van der Waals surface area contributed by atoms with Gasteiger partial charge in [-0.3, -0.25) is 15.0 Å². The second-order valence-electron chi connectivity index (χ2n) is 4.03. The van der Waals surface area contributed by atoms with Crippen LogP contribution in [0.1, 0.15) is 26.7 Å². The minimum absolute atomic E-state index is 0.0947. The first-order valence-electron chi connectivity index (χ1n) is 4.29. The molecular formula is C8H15N3O2. The van der Waals surface area contributed by atoms with E-state index < -0.39 is 11.8 Å². The highest BCUT2D eigenvalue weighted by atomic mass is 16.2. The second kappa shape index (κ2) is 3.33. The molecule has 0 heterocycles. The summed E-state index contributed by atoms with van der Waals surface area (Å²) in [6.45, 7) is 4.11. The molecule has 1 aliphatic rings. The molecule has 0 saturated heterocycles. The van der Waals surface area contributed by atoms with Crippen molar-refractivity contribution in [3.8, 4) is 0 Å². The van der Waals surface area contributed by atoms with Gasteiger partial charge >= 0.3 is 11.8 Å². The van der Waals surface area contributed by atoms with Crippen molar-refractivity contribution in [2.45, 2.75) is 32.7 Å². The lowest BCUT2D eigenvalue weighted by molar-refractivity contribution is -0.140. The van der Waals surface area contributed by atoms with Crippen molar-refractivity contribution < 1.29 is 9.59 Å². The fourth-order valence-corrected chi connectivity index (χ4v) is 1.42.